The molecule has 0 spiro atoms. The summed E-state index contributed by atoms with van der Waals surface area (Å²) in [5, 5.41) is 3.45. The molecule has 25 heavy (non-hydrogen) atoms. The fourth-order valence-corrected chi connectivity index (χ4v) is 2.88. The maximum Gasteiger partial charge on any atom is 0.248 e. The lowest BCUT2D eigenvalue weighted by molar-refractivity contribution is -0.111. The minimum atomic E-state index is -0.305. The molecule has 1 aromatic heterocycles. The largest absolute Gasteiger partial charge is 0.451 e. The Bertz CT molecular complexity index is 958. The number of benzene rings is 2. The van der Waals surface area contributed by atoms with E-state index in [1.165, 1.54) is 13.0 Å². The van der Waals surface area contributed by atoms with E-state index in [9.17, 15) is 9.59 Å². The van der Waals surface area contributed by atoms with Gasteiger partial charge in [-0.05, 0) is 36.3 Å². The molecule has 0 fully saturated rings. The maximum atomic E-state index is 12.2. The van der Waals surface area contributed by atoms with Crippen molar-refractivity contribution in [3.8, 4) is 0 Å². The van der Waals surface area contributed by atoms with Gasteiger partial charge in [-0.25, -0.2) is 0 Å². The molecule has 2 aromatic carbocycles. The summed E-state index contributed by atoms with van der Waals surface area (Å²) in [6, 6.07) is 15.2. The van der Waals surface area contributed by atoms with Gasteiger partial charge in [-0.15, -0.1) is 0 Å². The van der Waals surface area contributed by atoms with Crippen molar-refractivity contribution in [3.05, 3.63) is 76.5 Å². The lowest BCUT2D eigenvalue weighted by atomic mass is 10.1. The SMILES string of the molecule is CC(=O)c1oc2ccc(Br)cc2c1NC(=O)/C=C/Cc1ccccc1. The van der Waals surface area contributed by atoms with E-state index in [1.807, 2.05) is 42.5 Å². The fourth-order valence-electron chi connectivity index (χ4n) is 2.52. The zero-order valence-electron chi connectivity index (χ0n) is 13.6. The molecule has 5 heteroatoms. The molecular weight excluding hydrogens is 382 g/mol. The topological polar surface area (TPSA) is 59.3 Å². The number of rotatable bonds is 5. The number of halogens is 1. The van der Waals surface area contributed by atoms with Gasteiger partial charge < -0.3 is 9.73 Å². The van der Waals surface area contributed by atoms with E-state index < -0.39 is 0 Å². The normalized spacial score (nSPS) is 11.1. The second-order valence-corrected chi connectivity index (χ2v) is 6.50. The monoisotopic (exact) mass is 397 g/mol. The zero-order chi connectivity index (χ0) is 17.8. The molecule has 0 unspecified atom stereocenters. The summed E-state index contributed by atoms with van der Waals surface area (Å²) in [5.74, 6) is -0.394. The number of fused-ring (bicyclic) bond motifs is 1. The Morgan fingerprint density at radius 2 is 1.92 bits per heavy atom. The van der Waals surface area contributed by atoms with Gasteiger partial charge in [0.15, 0.2) is 11.5 Å². The van der Waals surface area contributed by atoms with Crippen LogP contribution in [0.2, 0.25) is 0 Å². The minimum absolute atomic E-state index is 0.151. The van der Waals surface area contributed by atoms with Crippen LogP contribution in [-0.2, 0) is 11.2 Å². The first-order chi connectivity index (χ1) is 12.0. The molecule has 0 aliphatic rings. The van der Waals surface area contributed by atoms with Crippen LogP contribution in [0.15, 0.2) is 69.6 Å². The van der Waals surface area contributed by atoms with E-state index in [0.717, 1.165) is 10.0 Å². The summed E-state index contributed by atoms with van der Waals surface area (Å²) in [4.78, 5) is 24.1. The van der Waals surface area contributed by atoms with Crippen LogP contribution in [0.1, 0.15) is 23.0 Å². The van der Waals surface area contributed by atoms with Crippen molar-refractivity contribution in [3.63, 3.8) is 0 Å². The number of hydrogen-bond donors (Lipinski definition) is 1. The number of anilines is 1. The Hall–Kier alpha value is -2.66. The minimum Gasteiger partial charge on any atom is -0.451 e. The van der Waals surface area contributed by atoms with Gasteiger partial charge >= 0.3 is 0 Å². The molecule has 0 bridgehead atoms. The second-order valence-electron chi connectivity index (χ2n) is 5.58. The van der Waals surface area contributed by atoms with Crippen LogP contribution < -0.4 is 5.32 Å². The number of amides is 1. The standard InChI is InChI=1S/C20H16BrNO3/c1-13(23)20-19(16-12-15(21)10-11-17(16)25-20)22-18(24)9-5-8-14-6-3-2-4-7-14/h2-7,9-12H,8H2,1H3,(H,22,24)/b9-5+. The van der Waals surface area contributed by atoms with Crippen molar-refractivity contribution in [2.45, 2.75) is 13.3 Å². The molecule has 1 heterocycles. The number of Topliss-reactive ketones (excluding diaryl/α,β-unsaturated/α-hetero) is 1. The van der Waals surface area contributed by atoms with Gasteiger partial charge in [0.25, 0.3) is 0 Å². The van der Waals surface area contributed by atoms with Crippen LogP contribution in [0, 0.1) is 0 Å². The van der Waals surface area contributed by atoms with E-state index in [4.69, 9.17) is 4.42 Å². The van der Waals surface area contributed by atoms with Gasteiger partial charge in [0, 0.05) is 16.8 Å². The summed E-state index contributed by atoms with van der Waals surface area (Å²) >= 11 is 3.39. The molecule has 1 N–H and O–H groups in total. The summed E-state index contributed by atoms with van der Waals surface area (Å²) in [6.45, 7) is 1.41. The zero-order valence-corrected chi connectivity index (χ0v) is 15.2. The number of carbonyl (C=O) groups excluding carboxylic acids is 2. The summed E-state index contributed by atoms with van der Waals surface area (Å²) < 4.78 is 6.42. The number of allylic oxidation sites excluding steroid dienone is 1. The number of furan rings is 1. The Morgan fingerprint density at radius 3 is 2.64 bits per heavy atom. The van der Waals surface area contributed by atoms with E-state index >= 15 is 0 Å². The third kappa shape index (κ3) is 4.06. The molecule has 126 valence electrons. The Kier molecular flexibility index (Phi) is 5.14. The van der Waals surface area contributed by atoms with Crippen molar-refractivity contribution >= 4 is 44.3 Å². The third-order valence-corrected chi connectivity index (χ3v) is 4.18. The Morgan fingerprint density at radius 1 is 1.16 bits per heavy atom. The predicted molar refractivity (Wildman–Crippen MR) is 102 cm³/mol. The van der Waals surface area contributed by atoms with Gasteiger partial charge in [0.1, 0.15) is 5.58 Å². The van der Waals surface area contributed by atoms with Crippen LogP contribution in [0.25, 0.3) is 11.0 Å². The summed E-state index contributed by atoms with van der Waals surface area (Å²) in [5.41, 5.74) is 2.07. The summed E-state index contributed by atoms with van der Waals surface area (Å²) in [6.07, 6.45) is 3.91. The van der Waals surface area contributed by atoms with Crippen molar-refractivity contribution in [2.75, 3.05) is 5.32 Å². The van der Waals surface area contributed by atoms with E-state index in [-0.39, 0.29) is 17.5 Å². The molecule has 0 aliphatic heterocycles. The Labute approximate surface area is 153 Å². The molecule has 3 rings (SSSR count). The van der Waals surface area contributed by atoms with Crippen LogP contribution >= 0.6 is 15.9 Å². The van der Waals surface area contributed by atoms with Crippen LogP contribution in [0.4, 0.5) is 5.69 Å². The Balaban J connectivity index is 1.81. The predicted octanol–water partition coefficient (Wildman–Crippen LogP) is 5.14. The van der Waals surface area contributed by atoms with E-state index in [1.54, 1.807) is 12.1 Å². The highest BCUT2D eigenvalue weighted by molar-refractivity contribution is 9.10. The number of nitrogens with one attached hydrogen (secondary N) is 1. The molecule has 3 aromatic rings. The fraction of sp³-hybridized carbons (Fsp3) is 0.100. The first-order valence-corrected chi connectivity index (χ1v) is 8.58. The van der Waals surface area contributed by atoms with Crippen molar-refractivity contribution in [1.82, 2.24) is 0 Å². The van der Waals surface area contributed by atoms with Crippen LogP contribution in [-0.4, -0.2) is 11.7 Å². The van der Waals surface area contributed by atoms with Crippen molar-refractivity contribution in [2.24, 2.45) is 0 Å². The van der Waals surface area contributed by atoms with E-state index in [0.29, 0.717) is 23.1 Å². The maximum absolute atomic E-state index is 12.2. The lowest BCUT2D eigenvalue weighted by Gasteiger charge is -2.02. The first-order valence-electron chi connectivity index (χ1n) is 7.79. The molecule has 0 saturated heterocycles. The highest BCUT2D eigenvalue weighted by Crippen LogP contribution is 2.33. The average Bonchev–Trinajstić information content (AvgIpc) is 2.94. The van der Waals surface area contributed by atoms with Crippen molar-refractivity contribution in [1.29, 1.82) is 0 Å². The number of carbonyl (C=O) groups is 2. The summed E-state index contributed by atoms with van der Waals surface area (Å²) in [7, 11) is 0. The quantitative estimate of drug-likeness (QED) is 0.479. The first kappa shape index (κ1) is 17.2. The van der Waals surface area contributed by atoms with Gasteiger partial charge in [-0.3, -0.25) is 9.59 Å². The van der Waals surface area contributed by atoms with Gasteiger partial charge in [-0.1, -0.05) is 52.3 Å². The third-order valence-electron chi connectivity index (χ3n) is 3.68. The van der Waals surface area contributed by atoms with Gasteiger partial charge in [-0.2, -0.15) is 0 Å². The molecule has 0 radical (unpaired) electrons. The average molecular weight is 398 g/mol. The molecule has 1 amide bonds. The van der Waals surface area contributed by atoms with Crippen molar-refractivity contribution < 1.29 is 14.0 Å². The van der Waals surface area contributed by atoms with Crippen LogP contribution in [0.3, 0.4) is 0 Å². The van der Waals surface area contributed by atoms with E-state index in [2.05, 4.69) is 21.2 Å². The second kappa shape index (κ2) is 7.49. The molecule has 4 nitrogen and oxygen atoms in total. The molecule has 0 atom stereocenters. The van der Waals surface area contributed by atoms with Gasteiger partial charge in [0.05, 0.1) is 5.69 Å². The smallest absolute Gasteiger partial charge is 0.248 e. The van der Waals surface area contributed by atoms with Crippen LogP contribution in [0.5, 0.6) is 0 Å². The number of ketones is 1. The number of hydrogen-bond acceptors (Lipinski definition) is 3. The highest BCUT2D eigenvalue weighted by Gasteiger charge is 2.19. The molecular formula is C20H16BrNO3. The molecule has 0 saturated carbocycles. The lowest BCUT2D eigenvalue weighted by Crippen LogP contribution is -2.10. The highest BCUT2D eigenvalue weighted by atomic mass is 79.9. The molecule has 0 aliphatic carbocycles. The van der Waals surface area contributed by atoms with Gasteiger partial charge in [0.2, 0.25) is 5.91 Å².